The molecule has 0 aliphatic heterocycles. The molecule has 1 N–H and O–H groups in total. The van der Waals surface area contributed by atoms with Gasteiger partial charge in [0.1, 0.15) is 0 Å². The minimum atomic E-state index is -1.15. The predicted octanol–water partition coefficient (Wildman–Crippen LogP) is 4.46. The molecule has 0 fully saturated rings. The summed E-state index contributed by atoms with van der Waals surface area (Å²) in [4.78, 5) is 4.00. The van der Waals surface area contributed by atoms with Crippen molar-refractivity contribution in [3.8, 4) is 22.4 Å². The second kappa shape index (κ2) is 6.41. The molecule has 0 bridgehead atoms. The number of aliphatic hydroxyl groups excluding tert-OH is 1. The van der Waals surface area contributed by atoms with E-state index in [2.05, 4.69) is 4.98 Å². The molecule has 2 nitrogen and oxygen atoms in total. The van der Waals surface area contributed by atoms with Gasteiger partial charge in [0.05, 0.1) is 12.3 Å². The van der Waals surface area contributed by atoms with Crippen LogP contribution in [0.25, 0.3) is 22.4 Å². The fourth-order valence-electron chi connectivity index (χ4n) is 2.52. The fourth-order valence-corrected chi connectivity index (χ4v) is 2.52. The van der Waals surface area contributed by atoms with Crippen molar-refractivity contribution in [3.05, 3.63) is 77.5 Å². The van der Waals surface area contributed by atoms with Gasteiger partial charge in [-0.3, -0.25) is 4.98 Å². The predicted molar refractivity (Wildman–Crippen MR) is 80.9 cm³/mol. The van der Waals surface area contributed by atoms with E-state index in [9.17, 15) is 22.7 Å². The zero-order valence-electron chi connectivity index (χ0n) is 12.2. The summed E-state index contributed by atoms with van der Waals surface area (Å²) in [6, 6.07) is 8.42. The maximum Gasteiger partial charge on any atom is 0.168 e. The lowest BCUT2D eigenvalue weighted by Gasteiger charge is -2.15. The first-order valence-corrected chi connectivity index (χ1v) is 7.02. The maximum atomic E-state index is 14.2. The van der Waals surface area contributed by atoms with E-state index in [1.165, 1.54) is 36.5 Å². The van der Waals surface area contributed by atoms with Crippen LogP contribution in [-0.2, 0) is 6.61 Å². The molecule has 0 saturated carbocycles. The van der Waals surface area contributed by atoms with Gasteiger partial charge in [0.2, 0.25) is 0 Å². The van der Waals surface area contributed by atoms with E-state index >= 15 is 0 Å². The van der Waals surface area contributed by atoms with Crippen LogP contribution in [0.15, 0.2) is 48.7 Å². The lowest BCUT2D eigenvalue weighted by atomic mass is 9.94. The molecule has 0 atom stereocenters. The first-order valence-electron chi connectivity index (χ1n) is 7.02. The van der Waals surface area contributed by atoms with Crippen molar-refractivity contribution >= 4 is 0 Å². The van der Waals surface area contributed by atoms with Crippen LogP contribution in [0, 0.1) is 23.3 Å². The third-order valence-corrected chi connectivity index (χ3v) is 3.64. The number of hydrogen-bond acceptors (Lipinski definition) is 2. The summed E-state index contributed by atoms with van der Waals surface area (Å²) in [6.07, 6.45) is 1.28. The number of nitrogens with zero attached hydrogens (tertiary/aromatic N) is 1. The Hall–Kier alpha value is -2.73. The Balaban J connectivity index is 2.37. The minimum absolute atomic E-state index is 0.0153. The summed E-state index contributed by atoms with van der Waals surface area (Å²) in [5, 5.41) is 9.52. The molecule has 122 valence electrons. The van der Waals surface area contributed by atoms with Crippen LogP contribution >= 0.6 is 0 Å². The topological polar surface area (TPSA) is 33.1 Å². The molecule has 0 saturated heterocycles. The SMILES string of the molecule is OCc1ccnc(-c2cccc(F)c2F)c1-c1cccc(F)c1F. The molecular weight excluding hydrogens is 322 g/mol. The van der Waals surface area contributed by atoms with Gasteiger partial charge in [-0.25, -0.2) is 17.6 Å². The third kappa shape index (κ3) is 2.65. The van der Waals surface area contributed by atoms with Crippen molar-refractivity contribution in [2.75, 3.05) is 0 Å². The highest BCUT2D eigenvalue weighted by molar-refractivity contribution is 5.83. The van der Waals surface area contributed by atoms with Crippen molar-refractivity contribution in [2.45, 2.75) is 6.61 Å². The highest BCUT2D eigenvalue weighted by Crippen LogP contribution is 2.36. The second-order valence-corrected chi connectivity index (χ2v) is 5.05. The molecule has 0 unspecified atom stereocenters. The standard InChI is InChI=1S/C18H11F4NO/c19-13-5-1-3-11(16(13)21)15-10(9-24)7-8-23-18(15)12-4-2-6-14(20)17(12)22/h1-8,24H,9H2. The Kier molecular flexibility index (Phi) is 4.31. The molecule has 1 heterocycles. The Bertz CT molecular complexity index is 912. The highest BCUT2D eigenvalue weighted by Gasteiger charge is 2.21. The van der Waals surface area contributed by atoms with Crippen molar-refractivity contribution < 1.29 is 22.7 Å². The first kappa shape index (κ1) is 16.1. The molecular formula is C18H11F4NO. The zero-order valence-corrected chi connectivity index (χ0v) is 12.2. The number of halogens is 4. The van der Waals surface area contributed by atoms with Crippen molar-refractivity contribution in [1.82, 2.24) is 4.98 Å². The van der Waals surface area contributed by atoms with E-state index in [-0.39, 0.29) is 27.9 Å². The van der Waals surface area contributed by atoms with E-state index in [4.69, 9.17) is 0 Å². The summed E-state index contributed by atoms with van der Waals surface area (Å²) in [5.74, 6) is -4.49. The van der Waals surface area contributed by atoms with E-state index < -0.39 is 29.9 Å². The summed E-state index contributed by atoms with van der Waals surface area (Å²) in [6.45, 7) is -0.502. The first-order chi connectivity index (χ1) is 11.5. The smallest absolute Gasteiger partial charge is 0.168 e. The molecule has 6 heteroatoms. The van der Waals surface area contributed by atoms with Crippen molar-refractivity contribution in [2.24, 2.45) is 0 Å². The average Bonchev–Trinajstić information content (AvgIpc) is 2.59. The van der Waals surface area contributed by atoms with Gasteiger partial charge in [0.15, 0.2) is 23.3 Å². The zero-order chi connectivity index (χ0) is 17.3. The number of aromatic nitrogens is 1. The number of aliphatic hydroxyl groups is 1. The number of pyridine rings is 1. The van der Waals surface area contributed by atoms with Gasteiger partial charge in [-0.1, -0.05) is 18.2 Å². The largest absolute Gasteiger partial charge is 0.392 e. The quantitative estimate of drug-likeness (QED) is 0.718. The molecule has 0 amide bonds. The van der Waals surface area contributed by atoms with Gasteiger partial charge < -0.3 is 5.11 Å². The van der Waals surface area contributed by atoms with Gasteiger partial charge in [-0.2, -0.15) is 0 Å². The molecule has 3 rings (SSSR count). The lowest BCUT2D eigenvalue weighted by molar-refractivity contribution is 0.282. The highest BCUT2D eigenvalue weighted by atomic mass is 19.2. The Morgan fingerprint density at radius 3 is 2.00 bits per heavy atom. The van der Waals surface area contributed by atoms with Crippen LogP contribution in [0.3, 0.4) is 0 Å². The van der Waals surface area contributed by atoms with Crippen LogP contribution < -0.4 is 0 Å². The van der Waals surface area contributed by atoms with Gasteiger partial charge >= 0.3 is 0 Å². The molecule has 3 aromatic rings. The summed E-state index contributed by atoms with van der Waals surface area (Å²) >= 11 is 0. The molecule has 0 aliphatic rings. The third-order valence-electron chi connectivity index (χ3n) is 3.64. The fraction of sp³-hybridized carbons (Fsp3) is 0.0556. The second-order valence-electron chi connectivity index (χ2n) is 5.05. The Morgan fingerprint density at radius 1 is 0.792 bits per heavy atom. The van der Waals surface area contributed by atoms with E-state index in [0.29, 0.717) is 0 Å². The molecule has 24 heavy (non-hydrogen) atoms. The average molecular weight is 333 g/mol. The summed E-state index contributed by atoms with van der Waals surface area (Å²) < 4.78 is 55.5. The normalized spacial score (nSPS) is 10.9. The van der Waals surface area contributed by atoms with Crippen molar-refractivity contribution in [3.63, 3.8) is 0 Å². The molecule has 0 radical (unpaired) electrons. The van der Waals surface area contributed by atoms with E-state index in [1.54, 1.807) is 0 Å². The molecule has 1 aromatic heterocycles. The summed E-state index contributed by atoms with van der Waals surface area (Å²) in [5.41, 5.74) is -0.243. The van der Waals surface area contributed by atoms with Crippen LogP contribution in [0.1, 0.15) is 5.56 Å². The van der Waals surface area contributed by atoms with Crippen LogP contribution in [-0.4, -0.2) is 10.1 Å². The molecule has 0 aliphatic carbocycles. The van der Waals surface area contributed by atoms with Gasteiger partial charge in [-0.05, 0) is 29.8 Å². The van der Waals surface area contributed by atoms with Crippen molar-refractivity contribution in [1.29, 1.82) is 0 Å². The van der Waals surface area contributed by atoms with Gasteiger partial charge in [0, 0.05) is 22.9 Å². The number of rotatable bonds is 3. The number of benzene rings is 2. The number of hydrogen-bond donors (Lipinski definition) is 1. The minimum Gasteiger partial charge on any atom is -0.392 e. The Labute approximate surface area is 135 Å². The summed E-state index contributed by atoms with van der Waals surface area (Å²) in [7, 11) is 0. The molecule has 0 spiro atoms. The Morgan fingerprint density at radius 2 is 1.38 bits per heavy atom. The van der Waals surface area contributed by atoms with E-state index in [1.807, 2.05) is 0 Å². The van der Waals surface area contributed by atoms with Crippen LogP contribution in [0.5, 0.6) is 0 Å². The maximum absolute atomic E-state index is 14.2. The van der Waals surface area contributed by atoms with Crippen LogP contribution in [0.2, 0.25) is 0 Å². The van der Waals surface area contributed by atoms with Gasteiger partial charge in [0.25, 0.3) is 0 Å². The van der Waals surface area contributed by atoms with Crippen LogP contribution in [0.4, 0.5) is 17.6 Å². The molecule has 2 aromatic carbocycles. The monoisotopic (exact) mass is 333 g/mol. The van der Waals surface area contributed by atoms with Gasteiger partial charge in [-0.15, -0.1) is 0 Å². The van der Waals surface area contributed by atoms with E-state index in [0.717, 1.165) is 12.1 Å². The lowest BCUT2D eigenvalue weighted by Crippen LogP contribution is -2.01.